The average molecular weight is 369 g/mol. The van der Waals surface area contributed by atoms with Crippen LogP contribution in [0.15, 0.2) is 24.3 Å². The van der Waals surface area contributed by atoms with Crippen LogP contribution in [-0.4, -0.2) is 36.2 Å². The van der Waals surface area contributed by atoms with Gasteiger partial charge in [-0.3, -0.25) is 4.79 Å². The van der Waals surface area contributed by atoms with Crippen molar-refractivity contribution >= 4 is 18.4 Å². The maximum absolute atomic E-state index is 12.9. The van der Waals surface area contributed by atoms with Crippen LogP contribution >= 0.6 is 0 Å². The van der Waals surface area contributed by atoms with Crippen molar-refractivity contribution in [1.82, 2.24) is 5.32 Å². The second-order valence-electron chi connectivity index (χ2n) is 9.64. The van der Waals surface area contributed by atoms with Crippen LogP contribution in [0.25, 0.3) is 0 Å². The second-order valence-corrected chi connectivity index (χ2v) is 9.64. The Bertz CT molecular complexity index is 689. The normalized spacial score (nSPS) is 31.7. The minimum atomic E-state index is -0.372. The third-order valence-electron chi connectivity index (χ3n) is 7.02. The van der Waals surface area contributed by atoms with E-state index >= 15 is 0 Å². The number of nitrogens with one attached hydrogen (secondary N) is 1. The molecule has 0 spiro atoms. The van der Waals surface area contributed by atoms with Crippen molar-refractivity contribution in [2.45, 2.75) is 89.5 Å². The highest BCUT2D eigenvalue weighted by Gasteiger charge is 2.51. The van der Waals surface area contributed by atoms with Gasteiger partial charge < -0.3 is 14.6 Å². The SMILES string of the molecule is CC1(C)OB(c2cccc(CC(=O)C3CC4CCCC(C3)N4)c2)OC1(C)C. The molecule has 2 atom stereocenters. The van der Waals surface area contributed by atoms with Crippen LogP contribution in [0.3, 0.4) is 0 Å². The molecule has 1 aromatic rings. The molecule has 1 N–H and O–H groups in total. The van der Waals surface area contributed by atoms with E-state index in [1.807, 2.05) is 12.1 Å². The summed E-state index contributed by atoms with van der Waals surface area (Å²) in [5.74, 6) is 0.599. The monoisotopic (exact) mass is 369 g/mol. The van der Waals surface area contributed by atoms with Gasteiger partial charge in [0.15, 0.2) is 0 Å². The number of Topliss-reactive ketones (excluding diaryl/α,β-unsaturated/α-hetero) is 1. The Morgan fingerprint density at radius 1 is 1.11 bits per heavy atom. The van der Waals surface area contributed by atoms with Gasteiger partial charge >= 0.3 is 7.12 Å². The molecule has 27 heavy (non-hydrogen) atoms. The van der Waals surface area contributed by atoms with Gasteiger partial charge in [0.25, 0.3) is 0 Å². The lowest BCUT2D eigenvalue weighted by Gasteiger charge is -2.39. The zero-order valence-corrected chi connectivity index (χ0v) is 17.1. The molecule has 4 nitrogen and oxygen atoms in total. The minimum absolute atomic E-state index is 0.210. The first kappa shape index (κ1) is 19.2. The number of carbonyl (C=O) groups excluding carboxylic acids is 1. The fourth-order valence-electron chi connectivity index (χ4n) is 4.70. The molecule has 2 unspecified atom stereocenters. The number of rotatable bonds is 4. The fraction of sp³-hybridized carbons (Fsp3) is 0.682. The Kier molecular flexibility index (Phi) is 4.98. The summed E-state index contributed by atoms with van der Waals surface area (Å²) in [5, 5.41) is 3.68. The number of hydrogen-bond acceptors (Lipinski definition) is 4. The Morgan fingerprint density at radius 3 is 2.37 bits per heavy atom. The van der Waals surface area contributed by atoms with Crippen molar-refractivity contribution in [3.8, 4) is 0 Å². The van der Waals surface area contributed by atoms with E-state index in [0.717, 1.165) is 23.9 Å². The molecule has 0 saturated carbocycles. The summed E-state index contributed by atoms with van der Waals surface area (Å²) in [6.07, 6.45) is 6.27. The molecular weight excluding hydrogens is 337 g/mol. The topological polar surface area (TPSA) is 47.6 Å². The van der Waals surface area contributed by atoms with E-state index in [-0.39, 0.29) is 24.2 Å². The Labute approximate surface area is 163 Å². The predicted octanol–water partition coefficient (Wildman–Crippen LogP) is 3.02. The number of hydrogen-bond donors (Lipinski definition) is 1. The van der Waals surface area contributed by atoms with E-state index in [1.54, 1.807) is 0 Å². The van der Waals surface area contributed by atoms with Gasteiger partial charge in [-0.1, -0.05) is 30.7 Å². The maximum atomic E-state index is 12.9. The summed E-state index contributed by atoms with van der Waals surface area (Å²) in [7, 11) is -0.372. The van der Waals surface area contributed by atoms with E-state index < -0.39 is 0 Å². The van der Waals surface area contributed by atoms with Crippen LogP contribution in [0.2, 0.25) is 0 Å². The average Bonchev–Trinajstić information content (AvgIpc) is 2.82. The largest absolute Gasteiger partial charge is 0.494 e. The summed E-state index contributed by atoms with van der Waals surface area (Å²) in [5.41, 5.74) is 1.37. The van der Waals surface area contributed by atoms with E-state index in [0.29, 0.717) is 24.3 Å². The summed E-state index contributed by atoms with van der Waals surface area (Å²) in [6, 6.07) is 9.27. The smallest absolute Gasteiger partial charge is 0.399 e. The molecule has 0 aromatic heterocycles. The molecule has 3 aliphatic rings. The highest BCUT2D eigenvalue weighted by molar-refractivity contribution is 6.62. The van der Waals surface area contributed by atoms with Gasteiger partial charge in [0.1, 0.15) is 5.78 Å². The van der Waals surface area contributed by atoms with Crippen molar-refractivity contribution in [3.05, 3.63) is 29.8 Å². The molecule has 2 bridgehead atoms. The highest BCUT2D eigenvalue weighted by atomic mass is 16.7. The van der Waals surface area contributed by atoms with Gasteiger partial charge in [-0.15, -0.1) is 0 Å². The van der Waals surface area contributed by atoms with Crippen molar-refractivity contribution in [2.75, 3.05) is 0 Å². The molecule has 5 heteroatoms. The van der Waals surface area contributed by atoms with Gasteiger partial charge in [0, 0.05) is 24.4 Å². The molecule has 3 aliphatic heterocycles. The van der Waals surface area contributed by atoms with Crippen molar-refractivity contribution in [3.63, 3.8) is 0 Å². The van der Waals surface area contributed by atoms with Crippen LogP contribution < -0.4 is 10.8 Å². The molecule has 3 fully saturated rings. The standard InChI is InChI=1S/C22H32BNO3/c1-21(2)22(3,4)27-23(26-21)17-8-5-7-15(11-17)12-20(25)16-13-18-9-6-10-19(14-16)24-18/h5,7-8,11,16,18-19,24H,6,9-10,12-14H2,1-4H3. The fourth-order valence-corrected chi connectivity index (χ4v) is 4.70. The van der Waals surface area contributed by atoms with E-state index in [1.165, 1.54) is 19.3 Å². The number of benzene rings is 1. The molecule has 0 aliphatic carbocycles. The molecule has 0 radical (unpaired) electrons. The molecule has 3 heterocycles. The number of piperidine rings is 2. The highest BCUT2D eigenvalue weighted by Crippen LogP contribution is 2.36. The minimum Gasteiger partial charge on any atom is -0.399 e. The van der Waals surface area contributed by atoms with Crippen LogP contribution in [-0.2, 0) is 20.5 Å². The summed E-state index contributed by atoms with van der Waals surface area (Å²) < 4.78 is 12.3. The number of carbonyl (C=O) groups is 1. The van der Waals surface area contributed by atoms with Gasteiger partial charge in [0.2, 0.25) is 0 Å². The summed E-state index contributed by atoms with van der Waals surface area (Å²) in [6.45, 7) is 8.26. The lowest BCUT2D eigenvalue weighted by Crippen LogP contribution is -2.50. The zero-order valence-electron chi connectivity index (χ0n) is 17.1. The zero-order chi connectivity index (χ0) is 19.2. The second kappa shape index (κ2) is 7.02. The first-order chi connectivity index (χ1) is 12.7. The molecule has 1 aromatic carbocycles. The number of fused-ring (bicyclic) bond motifs is 2. The Morgan fingerprint density at radius 2 is 1.74 bits per heavy atom. The number of ketones is 1. The van der Waals surface area contributed by atoms with Crippen LogP contribution in [0.5, 0.6) is 0 Å². The van der Waals surface area contributed by atoms with Crippen LogP contribution in [0, 0.1) is 5.92 Å². The third kappa shape index (κ3) is 3.87. The molecule has 146 valence electrons. The van der Waals surface area contributed by atoms with Crippen molar-refractivity contribution < 1.29 is 14.1 Å². The van der Waals surface area contributed by atoms with Crippen molar-refractivity contribution in [2.24, 2.45) is 5.92 Å². The van der Waals surface area contributed by atoms with Crippen molar-refractivity contribution in [1.29, 1.82) is 0 Å². The lowest BCUT2D eigenvalue weighted by molar-refractivity contribution is -0.124. The summed E-state index contributed by atoms with van der Waals surface area (Å²) in [4.78, 5) is 12.9. The first-order valence-electron chi connectivity index (χ1n) is 10.5. The van der Waals surface area contributed by atoms with E-state index in [9.17, 15) is 4.79 Å². The van der Waals surface area contributed by atoms with Gasteiger partial charge in [-0.2, -0.15) is 0 Å². The van der Waals surface area contributed by atoms with E-state index in [4.69, 9.17) is 9.31 Å². The van der Waals surface area contributed by atoms with Crippen LogP contribution in [0.4, 0.5) is 0 Å². The Hall–Kier alpha value is -1.17. The summed E-state index contributed by atoms with van der Waals surface area (Å²) >= 11 is 0. The first-order valence-corrected chi connectivity index (χ1v) is 10.5. The van der Waals surface area contributed by atoms with Gasteiger partial charge in [-0.05, 0) is 64.4 Å². The molecule has 4 rings (SSSR count). The van der Waals surface area contributed by atoms with Crippen LogP contribution in [0.1, 0.15) is 65.4 Å². The maximum Gasteiger partial charge on any atom is 0.494 e. The van der Waals surface area contributed by atoms with Gasteiger partial charge in [-0.25, -0.2) is 0 Å². The quantitative estimate of drug-likeness (QED) is 0.829. The molecule has 3 saturated heterocycles. The Balaban J connectivity index is 1.43. The van der Waals surface area contributed by atoms with E-state index in [2.05, 4.69) is 45.1 Å². The van der Waals surface area contributed by atoms with Gasteiger partial charge in [0.05, 0.1) is 11.2 Å². The predicted molar refractivity (Wildman–Crippen MR) is 108 cm³/mol. The molecular formula is C22H32BNO3. The lowest BCUT2D eigenvalue weighted by atomic mass is 9.76. The molecule has 0 amide bonds. The third-order valence-corrected chi connectivity index (χ3v) is 7.02.